The Morgan fingerprint density at radius 2 is 1.78 bits per heavy atom. The average Bonchev–Trinajstić information content (AvgIpc) is 3.34. The van der Waals surface area contributed by atoms with Crippen molar-refractivity contribution in [1.29, 1.82) is 0 Å². The lowest BCUT2D eigenvalue weighted by Gasteiger charge is -2.19. The molecule has 162 valence electrons. The third-order valence-electron chi connectivity index (χ3n) is 5.00. The molecule has 1 N–H and O–H groups in total. The zero-order valence-electron chi connectivity index (χ0n) is 17.9. The maximum absolute atomic E-state index is 12.7. The molecule has 1 unspecified atom stereocenters. The Morgan fingerprint density at radius 3 is 2.47 bits per heavy atom. The summed E-state index contributed by atoms with van der Waals surface area (Å²) in [7, 11) is 0. The van der Waals surface area contributed by atoms with Gasteiger partial charge in [-0.15, -0.1) is 0 Å². The van der Waals surface area contributed by atoms with Gasteiger partial charge in [0, 0.05) is 18.4 Å². The van der Waals surface area contributed by atoms with Crippen molar-refractivity contribution in [2.24, 2.45) is 0 Å². The Morgan fingerprint density at radius 1 is 1.03 bits per heavy atom. The summed E-state index contributed by atoms with van der Waals surface area (Å²) in [5.74, 6) is 0.885. The van der Waals surface area contributed by atoms with Gasteiger partial charge in [-0.25, -0.2) is 14.8 Å². The number of hydrogen-bond acceptors (Lipinski definition) is 6. The van der Waals surface area contributed by atoms with E-state index in [4.69, 9.17) is 14.1 Å². The van der Waals surface area contributed by atoms with Gasteiger partial charge in [0.2, 0.25) is 0 Å². The van der Waals surface area contributed by atoms with Crippen molar-refractivity contribution in [3.05, 3.63) is 102 Å². The Hall–Kier alpha value is -3.93. The number of rotatable bonds is 9. The molecule has 0 amide bonds. The quantitative estimate of drug-likeness (QED) is 0.382. The SMILES string of the molecule is CCOC(=O)C(Cc1ccco1)Nc1ncc(-c2ccccc2)nc1Cc1ccccc1. The third kappa shape index (κ3) is 5.40. The summed E-state index contributed by atoms with van der Waals surface area (Å²) in [6.45, 7) is 2.09. The predicted octanol–water partition coefficient (Wildman–Crippen LogP) is 4.91. The Labute approximate surface area is 187 Å². The Balaban J connectivity index is 1.67. The summed E-state index contributed by atoms with van der Waals surface area (Å²) >= 11 is 0. The summed E-state index contributed by atoms with van der Waals surface area (Å²) in [5, 5.41) is 3.26. The molecule has 0 aliphatic rings. The second kappa shape index (κ2) is 10.4. The van der Waals surface area contributed by atoms with E-state index in [1.54, 1.807) is 25.5 Å². The van der Waals surface area contributed by atoms with Crippen LogP contribution in [0.1, 0.15) is 23.9 Å². The minimum Gasteiger partial charge on any atom is -0.469 e. The van der Waals surface area contributed by atoms with Gasteiger partial charge < -0.3 is 14.5 Å². The first-order valence-corrected chi connectivity index (χ1v) is 10.6. The predicted molar refractivity (Wildman–Crippen MR) is 123 cm³/mol. The molecule has 0 aliphatic heterocycles. The summed E-state index contributed by atoms with van der Waals surface area (Å²) in [6.07, 6.45) is 4.24. The minimum atomic E-state index is -0.646. The van der Waals surface area contributed by atoms with Crippen molar-refractivity contribution >= 4 is 11.8 Å². The minimum absolute atomic E-state index is 0.296. The molecule has 1 atom stereocenters. The normalized spacial score (nSPS) is 11.7. The van der Waals surface area contributed by atoms with Crippen LogP contribution in [0.5, 0.6) is 0 Å². The first-order valence-electron chi connectivity index (χ1n) is 10.6. The van der Waals surface area contributed by atoms with Crippen LogP contribution in [0.15, 0.2) is 89.7 Å². The molecule has 0 radical (unpaired) electrons. The van der Waals surface area contributed by atoms with E-state index in [0.29, 0.717) is 31.0 Å². The summed E-state index contributed by atoms with van der Waals surface area (Å²) in [5.41, 5.74) is 3.62. The molecular formula is C26H25N3O3. The van der Waals surface area contributed by atoms with Crippen molar-refractivity contribution in [3.8, 4) is 11.3 Å². The maximum atomic E-state index is 12.7. The summed E-state index contributed by atoms with van der Waals surface area (Å²) in [4.78, 5) is 22.2. The maximum Gasteiger partial charge on any atom is 0.329 e. The van der Waals surface area contributed by atoms with Crippen molar-refractivity contribution in [2.75, 3.05) is 11.9 Å². The zero-order valence-corrected chi connectivity index (χ0v) is 17.9. The summed E-state index contributed by atoms with van der Waals surface area (Å²) < 4.78 is 10.7. The molecule has 2 heterocycles. The van der Waals surface area contributed by atoms with Crippen LogP contribution in [-0.4, -0.2) is 28.6 Å². The highest BCUT2D eigenvalue weighted by Crippen LogP contribution is 2.23. The second-order valence-corrected chi connectivity index (χ2v) is 7.31. The first-order chi connectivity index (χ1) is 15.7. The van der Waals surface area contributed by atoms with Crippen LogP contribution in [0.25, 0.3) is 11.3 Å². The summed E-state index contributed by atoms with van der Waals surface area (Å²) in [6, 6.07) is 23.0. The fraction of sp³-hybridized carbons (Fsp3) is 0.192. The third-order valence-corrected chi connectivity index (χ3v) is 5.00. The molecule has 32 heavy (non-hydrogen) atoms. The number of aromatic nitrogens is 2. The molecular weight excluding hydrogens is 402 g/mol. The Kier molecular flexibility index (Phi) is 6.92. The average molecular weight is 428 g/mol. The van der Waals surface area contributed by atoms with Crippen molar-refractivity contribution < 1.29 is 13.9 Å². The number of nitrogens with zero attached hydrogens (tertiary/aromatic N) is 2. The number of nitrogens with one attached hydrogen (secondary N) is 1. The fourth-order valence-corrected chi connectivity index (χ4v) is 3.44. The molecule has 0 fully saturated rings. The first kappa shape index (κ1) is 21.3. The van der Waals surface area contributed by atoms with Crippen LogP contribution in [0.3, 0.4) is 0 Å². The van der Waals surface area contributed by atoms with Gasteiger partial charge in [-0.05, 0) is 24.6 Å². The van der Waals surface area contributed by atoms with Gasteiger partial charge >= 0.3 is 5.97 Å². The lowest BCUT2D eigenvalue weighted by Crippen LogP contribution is -2.34. The highest BCUT2D eigenvalue weighted by Gasteiger charge is 2.24. The number of carbonyl (C=O) groups is 1. The molecule has 6 nitrogen and oxygen atoms in total. The number of benzene rings is 2. The van der Waals surface area contributed by atoms with Crippen LogP contribution < -0.4 is 5.32 Å². The van der Waals surface area contributed by atoms with Gasteiger partial charge in [0.1, 0.15) is 17.6 Å². The van der Waals surface area contributed by atoms with E-state index < -0.39 is 6.04 Å². The van der Waals surface area contributed by atoms with Crippen molar-refractivity contribution in [3.63, 3.8) is 0 Å². The second-order valence-electron chi connectivity index (χ2n) is 7.31. The van der Waals surface area contributed by atoms with Gasteiger partial charge in [-0.1, -0.05) is 60.7 Å². The number of ether oxygens (including phenoxy) is 1. The number of esters is 1. The molecule has 0 bridgehead atoms. The van der Waals surface area contributed by atoms with Gasteiger partial charge in [0.05, 0.1) is 30.5 Å². The topological polar surface area (TPSA) is 77.2 Å². The molecule has 0 aliphatic carbocycles. The Bertz CT molecular complexity index is 1130. The van der Waals surface area contributed by atoms with Gasteiger partial charge in [-0.2, -0.15) is 0 Å². The van der Waals surface area contributed by atoms with Crippen LogP contribution >= 0.6 is 0 Å². The number of hydrogen-bond donors (Lipinski definition) is 1. The highest BCUT2D eigenvalue weighted by molar-refractivity contribution is 5.79. The molecule has 2 aromatic heterocycles. The van der Waals surface area contributed by atoms with E-state index in [0.717, 1.165) is 22.5 Å². The highest BCUT2D eigenvalue weighted by atomic mass is 16.5. The van der Waals surface area contributed by atoms with Crippen LogP contribution in [-0.2, 0) is 22.4 Å². The lowest BCUT2D eigenvalue weighted by atomic mass is 10.1. The standard InChI is InChI=1S/C26H25N3O3/c1-2-31-26(30)23(17-21-14-9-15-32-21)29-25-22(16-19-10-5-3-6-11-19)28-24(18-27-25)20-12-7-4-8-13-20/h3-15,18,23H,2,16-17H2,1H3,(H,27,29). The molecule has 4 rings (SSSR count). The molecule has 0 saturated carbocycles. The molecule has 4 aromatic rings. The smallest absolute Gasteiger partial charge is 0.329 e. The van der Waals surface area contributed by atoms with E-state index in [-0.39, 0.29) is 5.97 Å². The van der Waals surface area contributed by atoms with E-state index in [2.05, 4.69) is 10.3 Å². The number of carbonyl (C=O) groups excluding carboxylic acids is 1. The lowest BCUT2D eigenvalue weighted by molar-refractivity contribution is -0.144. The zero-order chi connectivity index (χ0) is 22.2. The fourth-order valence-electron chi connectivity index (χ4n) is 3.44. The van der Waals surface area contributed by atoms with Gasteiger partial charge in [0.25, 0.3) is 0 Å². The van der Waals surface area contributed by atoms with E-state index in [1.807, 2.05) is 66.7 Å². The van der Waals surface area contributed by atoms with E-state index in [9.17, 15) is 4.79 Å². The number of furan rings is 1. The van der Waals surface area contributed by atoms with E-state index >= 15 is 0 Å². The molecule has 2 aromatic carbocycles. The van der Waals surface area contributed by atoms with Crippen molar-refractivity contribution in [1.82, 2.24) is 9.97 Å². The molecule has 0 saturated heterocycles. The van der Waals surface area contributed by atoms with Crippen LogP contribution in [0, 0.1) is 0 Å². The van der Waals surface area contributed by atoms with Crippen molar-refractivity contribution in [2.45, 2.75) is 25.8 Å². The molecule has 6 heteroatoms. The van der Waals surface area contributed by atoms with Crippen LogP contribution in [0.2, 0.25) is 0 Å². The largest absolute Gasteiger partial charge is 0.469 e. The van der Waals surface area contributed by atoms with Gasteiger partial charge in [-0.3, -0.25) is 0 Å². The molecule has 0 spiro atoms. The van der Waals surface area contributed by atoms with E-state index in [1.165, 1.54) is 0 Å². The van der Waals surface area contributed by atoms with Crippen LogP contribution in [0.4, 0.5) is 5.82 Å². The monoisotopic (exact) mass is 427 g/mol. The number of anilines is 1. The van der Waals surface area contributed by atoms with Gasteiger partial charge in [0.15, 0.2) is 0 Å².